The summed E-state index contributed by atoms with van der Waals surface area (Å²) in [6, 6.07) is 15.4. The topological polar surface area (TPSA) is 117 Å². The van der Waals surface area contributed by atoms with Crippen molar-refractivity contribution >= 4 is 34.3 Å². The Morgan fingerprint density at radius 2 is 1.33 bits per heavy atom. The molecule has 222 valence electrons. The van der Waals surface area contributed by atoms with E-state index in [4.69, 9.17) is 9.47 Å². The van der Waals surface area contributed by atoms with Crippen molar-refractivity contribution in [1.82, 2.24) is 0 Å². The number of fused-ring (bicyclic) bond motifs is 1. The van der Waals surface area contributed by atoms with Gasteiger partial charge >= 0.3 is 0 Å². The number of aliphatic imine (C=N–C) groups is 1. The second-order valence-electron chi connectivity index (χ2n) is 10.5. The fourth-order valence-corrected chi connectivity index (χ4v) is 4.81. The molecule has 1 aliphatic rings. The third-order valence-electron chi connectivity index (χ3n) is 7.14. The quantitative estimate of drug-likeness (QED) is 0.0952. The zero-order valence-corrected chi connectivity index (χ0v) is 24.4. The fraction of sp³-hybridized carbons (Fsp3) is 0.382. The molecule has 0 heterocycles. The number of unbranched alkanes of at least 4 members (excludes halogenated alkanes) is 6. The van der Waals surface area contributed by atoms with Gasteiger partial charge in [0.25, 0.3) is 0 Å². The minimum atomic E-state index is -0.597. The Kier molecular flexibility index (Phi) is 11.0. The van der Waals surface area contributed by atoms with E-state index in [2.05, 4.69) is 24.2 Å². The van der Waals surface area contributed by atoms with Crippen LogP contribution in [0.2, 0.25) is 0 Å². The molecule has 0 atom stereocenters. The van der Waals surface area contributed by atoms with Crippen LogP contribution in [0.4, 0.5) is 17.1 Å². The van der Waals surface area contributed by atoms with Crippen molar-refractivity contribution in [1.29, 1.82) is 0 Å². The number of hydrogen-bond acceptors (Lipinski definition) is 8. The number of Topliss-reactive ketones (excluding diaryl/α,β-unsaturated/α-hetero) is 2. The third kappa shape index (κ3) is 7.90. The first kappa shape index (κ1) is 30.6. The number of aromatic hydroxyl groups is 2. The summed E-state index contributed by atoms with van der Waals surface area (Å²) in [6.45, 7) is 5.61. The van der Waals surface area contributed by atoms with E-state index in [0.29, 0.717) is 30.3 Å². The van der Waals surface area contributed by atoms with Crippen LogP contribution >= 0.6 is 0 Å². The second-order valence-corrected chi connectivity index (χ2v) is 10.5. The molecule has 0 radical (unpaired) electrons. The third-order valence-corrected chi connectivity index (χ3v) is 7.14. The molecule has 0 unspecified atom stereocenters. The van der Waals surface area contributed by atoms with E-state index >= 15 is 0 Å². The number of phenols is 2. The molecule has 0 bridgehead atoms. The predicted molar refractivity (Wildman–Crippen MR) is 166 cm³/mol. The molecule has 3 N–H and O–H groups in total. The molecule has 8 nitrogen and oxygen atoms in total. The first-order valence-corrected chi connectivity index (χ1v) is 14.9. The van der Waals surface area contributed by atoms with Crippen molar-refractivity contribution in [3.63, 3.8) is 0 Å². The summed E-state index contributed by atoms with van der Waals surface area (Å²) < 4.78 is 11.5. The van der Waals surface area contributed by atoms with Crippen LogP contribution in [0.1, 0.15) is 92.4 Å². The van der Waals surface area contributed by atoms with Gasteiger partial charge in [0.05, 0.1) is 47.8 Å². The van der Waals surface area contributed by atoms with Crippen molar-refractivity contribution in [3.8, 4) is 23.0 Å². The van der Waals surface area contributed by atoms with E-state index in [0.717, 1.165) is 31.4 Å². The first-order valence-electron chi connectivity index (χ1n) is 14.9. The lowest BCUT2D eigenvalue weighted by atomic mass is 9.86. The molecule has 0 fully saturated rings. The molecule has 0 saturated carbocycles. The summed E-state index contributed by atoms with van der Waals surface area (Å²) in [7, 11) is 0. The molecule has 8 heteroatoms. The molecule has 42 heavy (non-hydrogen) atoms. The number of hydrogen-bond donors (Lipinski definition) is 3. The number of benzene rings is 3. The molecule has 0 aromatic heterocycles. The molecular formula is C34H40N2O6. The zero-order chi connectivity index (χ0) is 29.9. The van der Waals surface area contributed by atoms with Crippen LogP contribution in [0.15, 0.2) is 59.6 Å². The minimum Gasteiger partial charge on any atom is -0.507 e. The molecule has 4 rings (SSSR count). The maximum atomic E-state index is 13.3. The van der Waals surface area contributed by atoms with Crippen molar-refractivity contribution < 1.29 is 29.3 Å². The smallest absolute Gasteiger partial charge is 0.212 e. The summed E-state index contributed by atoms with van der Waals surface area (Å²) in [5.41, 5.74) is 0.775. The van der Waals surface area contributed by atoms with Crippen LogP contribution in [-0.4, -0.2) is 40.7 Å². The average molecular weight is 573 g/mol. The van der Waals surface area contributed by atoms with Crippen molar-refractivity contribution in [2.24, 2.45) is 4.99 Å². The maximum absolute atomic E-state index is 13.3. The van der Waals surface area contributed by atoms with Crippen LogP contribution < -0.4 is 14.8 Å². The molecule has 1 aliphatic carbocycles. The number of phenolic OH excluding ortho intramolecular Hbond substituents is 2. The average Bonchev–Trinajstić information content (AvgIpc) is 2.99. The van der Waals surface area contributed by atoms with Gasteiger partial charge in [-0.05, 0) is 61.4 Å². The zero-order valence-electron chi connectivity index (χ0n) is 24.4. The molecular weight excluding hydrogens is 532 g/mol. The number of nitrogens with one attached hydrogen (secondary N) is 1. The van der Waals surface area contributed by atoms with Gasteiger partial charge in [0, 0.05) is 11.8 Å². The number of nitrogens with zero attached hydrogens (tertiary/aromatic N) is 1. The Morgan fingerprint density at radius 3 is 1.90 bits per heavy atom. The van der Waals surface area contributed by atoms with Gasteiger partial charge in [-0.15, -0.1) is 0 Å². The first-order chi connectivity index (χ1) is 20.4. The van der Waals surface area contributed by atoms with Gasteiger partial charge < -0.3 is 25.0 Å². The van der Waals surface area contributed by atoms with Gasteiger partial charge in [0.15, 0.2) is 11.5 Å². The highest BCUT2D eigenvalue weighted by Gasteiger charge is 2.35. The highest BCUT2D eigenvalue weighted by atomic mass is 16.5. The van der Waals surface area contributed by atoms with Crippen LogP contribution in [0.25, 0.3) is 0 Å². The Morgan fingerprint density at radius 1 is 0.762 bits per heavy atom. The highest BCUT2D eigenvalue weighted by Crippen LogP contribution is 2.41. The van der Waals surface area contributed by atoms with Crippen LogP contribution in [0.3, 0.4) is 0 Å². The maximum Gasteiger partial charge on any atom is 0.212 e. The summed E-state index contributed by atoms with van der Waals surface area (Å²) in [5, 5.41) is 24.7. The summed E-state index contributed by atoms with van der Waals surface area (Å²) in [6.07, 6.45) is 8.66. The van der Waals surface area contributed by atoms with Gasteiger partial charge in [-0.25, -0.2) is 4.99 Å². The van der Waals surface area contributed by atoms with E-state index in [1.54, 1.807) is 48.5 Å². The van der Waals surface area contributed by atoms with Gasteiger partial charge in [-0.2, -0.15) is 0 Å². The van der Waals surface area contributed by atoms with Crippen LogP contribution in [-0.2, 0) is 0 Å². The van der Waals surface area contributed by atoms with Gasteiger partial charge in [0.2, 0.25) is 5.78 Å². The normalized spacial score (nSPS) is 13.7. The Labute approximate surface area is 247 Å². The molecule has 0 amide bonds. The summed E-state index contributed by atoms with van der Waals surface area (Å²) in [4.78, 5) is 30.8. The van der Waals surface area contributed by atoms with Crippen molar-refractivity contribution in [3.05, 3.63) is 65.7 Å². The van der Waals surface area contributed by atoms with E-state index in [1.165, 1.54) is 31.7 Å². The van der Waals surface area contributed by atoms with Crippen molar-refractivity contribution in [2.75, 3.05) is 18.5 Å². The highest BCUT2D eigenvalue weighted by molar-refractivity contribution is 6.54. The molecule has 0 aliphatic heterocycles. The van der Waals surface area contributed by atoms with Crippen molar-refractivity contribution in [2.45, 2.75) is 71.6 Å². The largest absolute Gasteiger partial charge is 0.507 e. The Bertz CT molecular complexity index is 1400. The van der Waals surface area contributed by atoms with Crippen LogP contribution in [0.5, 0.6) is 23.0 Å². The second kappa shape index (κ2) is 15.1. The molecule has 3 aromatic rings. The van der Waals surface area contributed by atoms with Gasteiger partial charge in [-0.3, -0.25) is 9.59 Å². The van der Waals surface area contributed by atoms with Crippen LogP contribution in [0, 0.1) is 0 Å². The number of carbonyl (C=O) groups is 2. The molecule has 0 saturated heterocycles. The number of ketones is 2. The minimum absolute atomic E-state index is 0.00132. The standard InChI is InChI=1S/C34H40N2O6/c1-3-5-7-9-19-41-25-15-11-23(12-16-25)35-27-21-29(37)32-31(33(27)39)30(38)22-28(34(32)40)36-24-13-17-26(18-14-24)42-20-10-8-6-4-2/h11-18,21,35,37,39H,3-10,19-20,22H2,1-2H3. The Balaban J connectivity index is 1.44. The monoisotopic (exact) mass is 572 g/mol. The SMILES string of the molecule is CCCCCCOc1ccc(N=C2CC(=O)c3c(O)c(Nc4ccc(OCCCCCC)cc4)cc(O)c3C2=O)cc1. The van der Waals surface area contributed by atoms with Gasteiger partial charge in [-0.1, -0.05) is 52.4 Å². The number of carbonyl (C=O) groups excluding carboxylic acids is 2. The summed E-state index contributed by atoms with van der Waals surface area (Å²) in [5.74, 6) is -0.461. The molecule has 3 aromatic carbocycles. The number of ether oxygens (including phenoxy) is 2. The molecule has 0 spiro atoms. The van der Waals surface area contributed by atoms with E-state index in [-0.39, 0.29) is 28.9 Å². The predicted octanol–water partition coefficient (Wildman–Crippen LogP) is 8.30. The lowest BCUT2D eigenvalue weighted by molar-refractivity contribution is 0.0960. The Hall–Kier alpha value is -4.33. The fourth-order valence-electron chi connectivity index (χ4n) is 4.81. The number of anilines is 2. The van der Waals surface area contributed by atoms with E-state index in [9.17, 15) is 19.8 Å². The lowest BCUT2D eigenvalue weighted by Gasteiger charge is -2.20. The van der Waals surface area contributed by atoms with Gasteiger partial charge in [0.1, 0.15) is 17.2 Å². The van der Waals surface area contributed by atoms with E-state index in [1.807, 2.05) is 0 Å². The lowest BCUT2D eigenvalue weighted by Crippen LogP contribution is -2.27. The van der Waals surface area contributed by atoms with E-state index < -0.39 is 23.1 Å². The number of rotatable bonds is 15. The summed E-state index contributed by atoms with van der Waals surface area (Å²) >= 11 is 0.